The topological polar surface area (TPSA) is 64.5 Å². The predicted octanol–water partition coefficient (Wildman–Crippen LogP) is 2.94. The Balaban J connectivity index is 1.88. The molecule has 0 amide bonds. The molecule has 1 heterocycles. The van der Waals surface area contributed by atoms with Crippen molar-refractivity contribution in [1.82, 2.24) is 10.2 Å². The monoisotopic (exact) mass is 254 g/mol. The smallest absolute Gasteiger partial charge is 0.101 e. The van der Waals surface area contributed by atoms with E-state index in [-0.39, 0.29) is 0 Å². The van der Waals surface area contributed by atoms with Crippen molar-refractivity contribution >= 4 is 5.69 Å². The fourth-order valence-electron chi connectivity index (χ4n) is 2.03. The van der Waals surface area contributed by atoms with Crippen LogP contribution in [0.4, 0.5) is 5.69 Å². The molecule has 2 N–H and O–H groups in total. The molecule has 98 valence electrons. The van der Waals surface area contributed by atoms with Gasteiger partial charge in [0.2, 0.25) is 0 Å². The van der Waals surface area contributed by atoms with Gasteiger partial charge in [-0.2, -0.15) is 10.4 Å². The minimum absolute atomic E-state index is 0.699. The van der Waals surface area contributed by atoms with E-state index in [1.165, 1.54) is 5.56 Å². The van der Waals surface area contributed by atoms with E-state index in [1.807, 2.05) is 38.2 Å². The van der Waals surface area contributed by atoms with Gasteiger partial charge in [-0.3, -0.25) is 5.10 Å². The van der Waals surface area contributed by atoms with Gasteiger partial charge in [-0.05, 0) is 49.9 Å². The van der Waals surface area contributed by atoms with E-state index in [2.05, 4.69) is 21.6 Å². The summed E-state index contributed by atoms with van der Waals surface area (Å²) in [6, 6.07) is 8.04. The third kappa shape index (κ3) is 3.35. The van der Waals surface area contributed by atoms with Crippen LogP contribution >= 0.6 is 0 Å². The van der Waals surface area contributed by atoms with Crippen molar-refractivity contribution in [3.63, 3.8) is 0 Å². The molecule has 0 saturated carbocycles. The van der Waals surface area contributed by atoms with Gasteiger partial charge < -0.3 is 5.32 Å². The number of nitrogens with one attached hydrogen (secondary N) is 2. The zero-order chi connectivity index (χ0) is 13.7. The summed E-state index contributed by atoms with van der Waals surface area (Å²) in [6.45, 7) is 4.91. The number of nitrogens with zero attached hydrogens (tertiary/aromatic N) is 2. The van der Waals surface area contributed by atoms with E-state index >= 15 is 0 Å². The molecule has 2 rings (SSSR count). The van der Waals surface area contributed by atoms with Crippen LogP contribution in [0.3, 0.4) is 0 Å². The number of H-pyrrole nitrogens is 1. The number of aryl methyl sites for hydroxylation is 3. The number of hydrogen-bond donors (Lipinski definition) is 2. The third-order valence-corrected chi connectivity index (χ3v) is 3.17. The molecule has 2 aromatic rings. The van der Waals surface area contributed by atoms with Crippen molar-refractivity contribution < 1.29 is 0 Å². The summed E-state index contributed by atoms with van der Waals surface area (Å²) in [5.41, 5.74) is 5.17. The molecule has 0 spiro atoms. The molecular weight excluding hydrogens is 236 g/mol. The predicted molar refractivity (Wildman–Crippen MR) is 76.0 cm³/mol. The molecule has 0 aliphatic heterocycles. The second-order valence-corrected chi connectivity index (χ2v) is 4.71. The van der Waals surface area contributed by atoms with Gasteiger partial charge in [0.1, 0.15) is 6.07 Å². The summed E-state index contributed by atoms with van der Waals surface area (Å²) in [7, 11) is 0. The number of benzene rings is 1. The van der Waals surface area contributed by atoms with Gasteiger partial charge in [-0.1, -0.05) is 6.07 Å². The van der Waals surface area contributed by atoms with Gasteiger partial charge >= 0.3 is 0 Å². The van der Waals surface area contributed by atoms with Crippen LogP contribution in [0.1, 0.15) is 28.8 Å². The Morgan fingerprint density at radius 1 is 1.37 bits per heavy atom. The molecule has 0 aliphatic carbocycles. The molecule has 4 heteroatoms. The molecule has 19 heavy (non-hydrogen) atoms. The summed E-state index contributed by atoms with van der Waals surface area (Å²) in [4.78, 5) is 0. The van der Waals surface area contributed by atoms with Crippen molar-refractivity contribution in [2.24, 2.45) is 0 Å². The van der Waals surface area contributed by atoms with Gasteiger partial charge in [0.25, 0.3) is 0 Å². The Hall–Kier alpha value is -2.28. The standard InChI is InChI=1S/C15H18N4/c1-11-5-6-13(9-16)15(8-11)17-7-3-4-14-10-18-19-12(14)2/h5-6,8,10,17H,3-4,7H2,1-2H3,(H,18,19). The lowest BCUT2D eigenvalue weighted by molar-refractivity contribution is 0.857. The molecule has 0 radical (unpaired) electrons. The van der Waals surface area contributed by atoms with Gasteiger partial charge in [-0.15, -0.1) is 0 Å². The van der Waals surface area contributed by atoms with E-state index in [0.29, 0.717) is 5.56 Å². The Labute approximate surface area is 113 Å². The average Bonchev–Trinajstić information content (AvgIpc) is 2.80. The first kappa shape index (κ1) is 13.2. The quantitative estimate of drug-likeness (QED) is 0.806. The largest absolute Gasteiger partial charge is 0.384 e. The molecule has 0 atom stereocenters. The van der Waals surface area contributed by atoms with E-state index in [4.69, 9.17) is 5.26 Å². The highest BCUT2D eigenvalue weighted by Gasteiger charge is 2.03. The van der Waals surface area contributed by atoms with Crippen LogP contribution < -0.4 is 5.32 Å². The fourth-order valence-corrected chi connectivity index (χ4v) is 2.03. The van der Waals surface area contributed by atoms with Crippen molar-refractivity contribution in [3.8, 4) is 6.07 Å². The lowest BCUT2D eigenvalue weighted by atomic mass is 10.1. The third-order valence-electron chi connectivity index (χ3n) is 3.17. The molecule has 0 aliphatic rings. The maximum atomic E-state index is 9.05. The Kier molecular flexibility index (Phi) is 4.19. The summed E-state index contributed by atoms with van der Waals surface area (Å²) in [5.74, 6) is 0. The second-order valence-electron chi connectivity index (χ2n) is 4.71. The van der Waals surface area contributed by atoms with Crippen LogP contribution in [0.25, 0.3) is 0 Å². The average molecular weight is 254 g/mol. The van der Waals surface area contributed by atoms with Crippen LogP contribution in [0, 0.1) is 25.2 Å². The summed E-state index contributed by atoms with van der Waals surface area (Å²) in [6.07, 6.45) is 3.88. The first-order chi connectivity index (χ1) is 9.20. The number of rotatable bonds is 5. The van der Waals surface area contributed by atoms with E-state index in [0.717, 1.165) is 36.3 Å². The molecule has 4 nitrogen and oxygen atoms in total. The Morgan fingerprint density at radius 2 is 2.21 bits per heavy atom. The SMILES string of the molecule is Cc1ccc(C#N)c(NCCCc2cn[nH]c2C)c1. The van der Waals surface area contributed by atoms with Crippen LogP contribution in [-0.2, 0) is 6.42 Å². The Morgan fingerprint density at radius 3 is 2.89 bits per heavy atom. The lowest BCUT2D eigenvalue weighted by Gasteiger charge is -2.08. The number of aromatic nitrogens is 2. The number of anilines is 1. The maximum Gasteiger partial charge on any atom is 0.101 e. The fraction of sp³-hybridized carbons (Fsp3) is 0.333. The molecule has 0 fully saturated rings. The summed E-state index contributed by atoms with van der Waals surface area (Å²) < 4.78 is 0. The van der Waals surface area contributed by atoms with E-state index < -0.39 is 0 Å². The van der Waals surface area contributed by atoms with Crippen LogP contribution in [0.5, 0.6) is 0 Å². The minimum atomic E-state index is 0.699. The highest BCUT2D eigenvalue weighted by Crippen LogP contribution is 2.16. The normalized spacial score (nSPS) is 10.2. The molecule has 0 bridgehead atoms. The first-order valence-corrected chi connectivity index (χ1v) is 6.44. The van der Waals surface area contributed by atoms with Crippen LogP contribution in [0.15, 0.2) is 24.4 Å². The number of hydrogen-bond acceptors (Lipinski definition) is 3. The summed E-state index contributed by atoms with van der Waals surface area (Å²) in [5, 5.41) is 19.3. The second kappa shape index (κ2) is 6.05. The van der Waals surface area contributed by atoms with Crippen molar-refractivity contribution in [2.75, 3.05) is 11.9 Å². The van der Waals surface area contributed by atoms with Crippen LogP contribution in [-0.4, -0.2) is 16.7 Å². The van der Waals surface area contributed by atoms with E-state index in [1.54, 1.807) is 0 Å². The molecular formula is C15H18N4. The number of aromatic amines is 1. The van der Waals surface area contributed by atoms with Gasteiger partial charge in [0, 0.05) is 12.2 Å². The van der Waals surface area contributed by atoms with Crippen molar-refractivity contribution in [2.45, 2.75) is 26.7 Å². The molecule has 1 aromatic carbocycles. The molecule has 0 saturated heterocycles. The number of nitriles is 1. The van der Waals surface area contributed by atoms with Crippen molar-refractivity contribution in [1.29, 1.82) is 5.26 Å². The molecule has 0 unspecified atom stereocenters. The highest BCUT2D eigenvalue weighted by atomic mass is 15.1. The molecule has 1 aromatic heterocycles. The van der Waals surface area contributed by atoms with Gasteiger partial charge in [0.15, 0.2) is 0 Å². The van der Waals surface area contributed by atoms with Crippen molar-refractivity contribution in [3.05, 3.63) is 46.8 Å². The highest BCUT2D eigenvalue weighted by molar-refractivity contribution is 5.58. The van der Waals surface area contributed by atoms with Gasteiger partial charge in [-0.25, -0.2) is 0 Å². The zero-order valence-electron chi connectivity index (χ0n) is 11.3. The zero-order valence-corrected chi connectivity index (χ0v) is 11.3. The van der Waals surface area contributed by atoms with Gasteiger partial charge in [0.05, 0.1) is 17.4 Å². The first-order valence-electron chi connectivity index (χ1n) is 6.44. The minimum Gasteiger partial charge on any atom is -0.384 e. The van der Waals surface area contributed by atoms with E-state index in [9.17, 15) is 0 Å². The maximum absolute atomic E-state index is 9.05. The lowest BCUT2D eigenvalue weighted by Crippen LogP contribution is -2.05. The van der Waals surface area contributed by atoms with Crippen LogP contribution in [0.2, 0.25) is 0 Å². The summed E-state index contributed by atoms with van der Waals surface area (Å²) >= 11 is 0. The Bertz CT molecular complexity index is 592.